The Morgan fingerprint density at radius 2 is 1.94 bits per heavy atom. The van der Waals surface area contributed by atoms with Gasteiger partial charge in [0, 0.05) is 7.05 Å². The lowest BCUT2D eigenvalue weighted by Gasteiger charge is -2.08. The van der Waals surface area contributed by atoms with Crippen molar-refractivity contribution in [3.8, 4) is 0 Å². The van der Waals surface area contributed by atoms with Crippen molar-refractivity contribution in [1.29, 1.82) is 0 Å². The van der Waals surface area contributed by atoms with Gasteiger partial charge in [0.05, 0.1) is 18.0 Å². The predicted octanol–water partition coefficient (Wildman–Crippen LogP) is 1.64. The van der Waals surface area contributed by atoms with E-state index >= 15 is 0 Å². The standard InChI is InChI=1S/C9H12FN3O3S/c1-13(6-7-17(14,15)16)12-11-9-4-2-8(10)3-5-9/h2-5H,6-7H2,1H3,(H,14,15,16). The maximum absolute atomic E-state index is 12.6. The minimum Gasteiger partial charge on any atom is -0.285 e. The summed E-state index contributed by atoms with van der Waals surface area (Å²) in [6.07, 6.45) is 0. The summed E-state index contributed by atoms with van der Waals surface area (Å²) >= 11 is 0. The van der Waals surface area contributed by atoms with Crippen molar-refractivity contribution in [3.63, 3.8) is 0 Å². The Balaban J connectivity index is 2.50. The van der Waals surface area contributed by atoms with Gasteiger partial charge >= 0.3 is 0 Å². The highest BCUT2D eigenvalue weighted by molar-refractivity contribution is 7.85. The monoisotopic (exact) mass is 261 g/mol. The average Bonchev–Trinajstić information content (AvgIpc) is 2.25. The molecule has 1 aromatic carbocycles. The quantitative estimate of drug-likeness (QED) is 0.496. The summed E-state index contributed by atoms with van der Waals surface area (Å²) in [7, 11) is -2.49. The maximum Gasteiger partial charge on any atom is 0.266 e. The van der Waals surface area contributed by atoms with E-state index in [0.717, 1.165) is 0 Å². The molecule has 0 saturated heterocycles. The zero-order valence-corrected chi connectivity index (χ0v) is 9.93. The normalized spacial score (nSPS) is 11.9. The van der Waals surface area contributed by atoms with Crippen LogP contribution in [0.5, 0.6) is 0 Å². The lowest BCUT2D eigenvalue weighted by atomic mass is 10.3. The Hall–Kier alpha value is -1.54. The first-order valence-electron chi connectivity index (χ1n) is 4.70. The molecule has 0 fully saturated rings. The second-order valence-corrected chi connectivity index (χ2v) is 4.91. The summed E-state index contributed by atoms with van der Waals surface area (Å²) < 4.78 is 42.0. The van der Waals surface area contributed by atoms with Crippen molar-refractivity contribution < 1.29 is 17.4 Å². The van der Waals surface area contributed by atoms with Gasteiger partial charge in [0.15, 0.2) is 0 Å². The summed E-state index contributed by atoms with van der Waals surface area (Å²) in [6, 6.07) is 5.37. The number of hydrogen-bond donors (Lipinski definition) is 1. The number of hydrogen-bond acceptors (Lipinski definition) is 4. The molecule has 17 heavy (non-hydrogen) atoms. The van der Waals surface area contributed by atoms with Crippen molar-refractivity contribution in [1.82, 2.24) is 5.01 Å². The SMILES string of the molecule is CN(CCS(=O)(=O)O)N=Nc1ccc(F)cc1. The number of rotatable bonds is 5. The van der Waals surface area contributed by atoms with E-state index in [1.807, 2.05) is 0 Å². The van der Waals surface area contributed by atoms with Crippen LogP contribution in [0.3, 0.4) is 0 Å². The van der Waals surface area contributed by atoms with E-state index in [1.54, 1.807) is 0 Å². The van der Waals surface area contributed by atoms with Crippen molar-refractivity contribution in [3.05, 3.63) is 30.1 Å². The molecule has 94 valence electrons. The van der Waals surface area contributed by atoms with Crippen LogP contribution >= 0.6 is 0 Å². The van der Waals surface area contributed by atoms with Crippen LogP contribution in [0.4, 0.5) is 10.1 Å². The van der Waals surface area contributed by atoms with E-state index < -0.39 is 15.9 Å². The van der Waals surface area contributed by atoms with Crippen LogP contribution in [0.1, 0.15) is 0 Å². The largest absolute Gasteiger partial charge is 0.285 e. The molecule has 0 bridgehead atoms. The molecular weight excluding hydrogens is 249 g/mol. The molecule has 0 saturated carbocycles. The molecule has 0 aliphatic rings. The molecule has 0 aromatic heterocycles. The van der Waals surface area contributed by atoms with Crippen molar-refractivity contribution in [2.45, 2.75) is 0 Å². The third kappa shape index (κ3) is 5.93. The number of benzene rings is 1. The molecule has 0 atom stereocenters. The molecule has 1 aromatic rings. The smallest absolute Gasteiger partial charge is 0.266 e. The first-order chi connectivity index (χ1) is 7.87. The summed E-state index contributed by atoms with van der Waals surface area (Å²) in [5.74, 6) is -0.796. The fraction of sp³-hybridized carbons (Fsp3) is 0.333. The first-order valence-corrected chi connectivity index (χ1v) is 6.31. The molecule has 6 nitrogen and oxygen atoms in total. The molecular formula is C9H12FN3O3S. The molecule has 0 unspecified atom stereocenters. The zero-order valence-electron chi connectivity index (χ0n) is 9.12. The maximum atomic E-state index is 12.6. The highest BCUT2D eigenvalue weighted by atomic mass is 32.2. The topological polar surface area (TPSA) is 82.3 Å². The molecule has 0 aliphatic heterocycles. The Kier molecular flexibility index (Phi) is 4.53. The van der Waals surface area contributed by atoms with Gasteiger partial charge in [-0.3, -0.25) is 9.56 Å². The highest BCUT2D eigenvalue weighted by Crippen LogP contribution is 2.12. The zero-order chi connectivity index (χ0) is 12.9. The molecule has 1 N–H and O–H groups in total. The first kappa shape index (κ1) is 13.5. The van der Waals surface area contributed by atoms with Gasteiger partial charge in [-0.05, 0) is 24.3 Å². The van der Waals surface area contributed by atoms with Gasteiger partial charge in [-0.15, -0.1) is 5.11 Å². The number of halogens is 1. The van der Waals surface area contributed by atoms with Crippen molar-refractivity contribution in [2.75, 3.05) is 19.3 Å². The molecule has 0 aliphatic carbocycles. The molecule has 1 rings (SSSR count). The Morgan fingerprint density at radius 1 is 1.35 bits per heavy atom. The lowest BCUT2D eigenvalue weighted by Crippen LogP contribution is -2.20. The molecule has 0 radical (unpaired) electrons. The fourth-order valence-corrected chi connectivity index (χ4v) is 1.42. The summed E-state index contributed by atoms with van der Waals surface area (Å²) in [6.45, 7) is 0.0174. The minimum atomic E-state index is -4.00. The lowest BCUT2D eigenvalue weighted by molar-refractivity contribution is 0.347. The Bertz CT molecular complexity index is 487. The molecule has 0 amide bonds. The van der Waals surface area contributed by atoms with Crippen LogP contribution in [-0.4, -0.2) is 37.3 Å². The second kappa shape index (κ2) is 5.69. The van der Waals surface area contributed by atoms with E-state index in [1.165, 1.54) is 36.3 Å². The van der Waals surface area contributed by atoms with Gasteiger partial charge in [-0.25, -0.2) is 4.39 Å². The van der Waals surface area contributed by atoms with E-state index in [9.17, 15) is 12.8 Å². The third-order valence-electron chi connectivity index (χ3n) is 1.81. The van der Waals surface area contributed by atoms with Crippen molar-refractivity contribution in [2.24, 2.45) is 10.3 Å². The van der Waals surface area contributed by atoms with Gasteiger partial charge in [-0.1, -0.05) is 5.22 Å². The van der Waals surface area contributed by atoms with Crippen molar-refractivity contribution >= 4 is 15.8 Å². The van der Waals surface area contributed by atoms with Crippen LogP contribution in [0.25, 0.3) is 0 Å². The Morgan fingerprint density at radius 3 is 2.47 bits per heavy atom. The second-order valence-electron chi connectivity index (χ2n) is 3.33. The summed E-state index contributed by atoms with van der Waals surface area (Å²) in [5, 5.41) is 8.70. The highest BCUT2D eigenvalue weighted by Gasteiger charge is 2.05. The Labute approximate surface area is 98.5 Å². The predicted molar refractivity (Wildman–Crippen MR) is 60.0 cm³/mol. The minimum absolute atomic E-state index is 0.0174. The van der Waals surface area contributed by atoms with Gasteiger partial charge in [0.1, 0.15) is 5.82 Å². The van der Waals surface area contributed by atoms with E-state index in [-0.39, 0.29) is 12.4 Å². The summed E-state index contributed by atoms with van der Waals surface area (Å²) in [5.41, 5.74) is 0.449. The van der Waals surface area contributed by atoms with Gasteiger partial charge in [0.25, 0.3) is 10.1 Å². The molecule has 8 heteroatoms. The molecule has 0 spiro atoms. The van der Waals surface area contributed by atoms with Gasteiger partial charge in [0.2, 0.25) is 0 Å². The van der Waals surface area contributed by atoms with E-state index in [4.69, 9.17) is 4.55 Å². The van der Waals surface area contributed by atoms with Crippen LogP contribution in [0.2, 0.25) is 0 Å². The van der Waals surface area contributed by atoms with Gasteiger partial charge < -0.3 is 0 Å². The van der Waals surface area contributed by atoms with E-state index in [0.29, 0.717) is 5.69 Å². The number of nitrogens with zero attached hydrogens (tertiary/aromatic N) is 3. The third-order valence-corrected chi connectivity index (χ3v) is 2.51. The average molecular weight is 261 g/mol. The van der Waals surface area contributed by atoms with Crippen LogP contribution < -0.4 is 0 Å². The van der Waals surface area contributed by atoms with Crippen LogP contribution in [0.15, 0.2) is 34.6 Å². The van der Waals surface area contributed by atoms with Gasteiger partial charge in [-0.2, -0.15) is 8.42 Å². The fourth-order valence-electron chi connectivity index (χ4n) is 0.928. The van der Waals surface area contributed by atoms with E-state index in [2.05, 4.69) is 10.3 Å². The summed E-state index contributed by atoms with van der Waals surface area (Å²) in [4.78, 5) is 0. The van der Waals surface area contributed by atoms with Crippen LogP contribution in [-0.2, 0) is 10.1 Å². The van der Waals surface area contributed by atoms with Crippen LogP contribution in [0, 0.1) is 5.82 Å². The molecule has 0 heterocycles.